The van der Waals surface area contributed by atoms with Crippen LogP contribution in [0.4, 0.5) is 0 Å². The summed E-state index contributed by atoms with van der Waals surface area (Å²) in [6.45, 7) is 9.35. The summed E-state index contributed by atoms with van der Waals surface area (Å²) >= 11 is 6.94. The van der Waals surface area contributed by atoms with E-state index in [1.54, 1.807) is 6.07 Å². The zero-order valence-corrected chi connectivity index (χ0v) is 17.3. The Morgan fingerprint density at radius 2 is 1.85 bits per heavy atom. The van der Waals surface area contributed by atoms with E-state index in [0.717, 1.165) is 12.8 Å². The monoisotopic (exact) mass is 378 g/mol. The average Bonchev–Trinajstić information content (AvgIpc) is 2.55. The first-order valence-corrected chi connectivity index (χ1v) is 10.00. The van der Waals surface area contributed by atoms with E-state index in [1.807, 2.05) is 0 Å². The second kappa shape index (κ2) is 6.67. The Bertz CT molecular complexity index is 737. The zero-order chi connectivity index (χ0) is 19.3. The van der Waals surface area contributed by atoms with Gasteiger partial charge in [-0.15, -0.1) is 0 Å². The van der Waals surface area contributed by atoms with Crippen LogP contribution in [0.5, 0.6) is 17.2 Å². The van der Waals surface area contributed by atoms with Crippen molar-refractivity contribution >= 4 is 16.6 Å². The van der Waals surface area contributed by atoms with Gasteiger partial charge in [-0.1, -0.05) is 45.7 Å². The number of phenolic OH excluding ortho intramolecular Hbond substituents is 2. The highest BCUT2D eigenvalue weighted by Crippen LogP contribution is 2.63. The Hall–Kier alpha value is -1.35. The number of halogens is 1. The van der Waals surface area contributed by atoms with Gasteiger partial charge in [-0.25, -0.2) is 0 Å². The molecule has 0 aliphatic heterocycles. The van der Waals surface area contributed by atoms with E-state index in [4.69, 9.17) is 16.3 Å². The number of benzene rings is 1. The summed E-state index contributed by atoms with van der Waals surface area (Å²) in [4.78, 5) is 0. The fourth-order valence-corrected chi connectivity index (χ4v) is 6.35. The molecule has 1 aromatic carbocycles. The largest absolute Gasteiger partial charge is 0.508 e. The third-order valence-corrected chi connectivity index (χ3v) is 7.39. The van der Waals surface area contributed by atoms with Crippen molar-refractivity contribution in [1.82, 2.24) is 0 Å². The molecule has 1 aromatic rings. The summed E-state index contributed by atoms with van der Waals surface area (Å²) in [5.74, 6) is 1.21. The van der Waals surface area contributed by atoms with Crippen LogP contribution in [-0.4, -0.2) is 17.3 Å². The van der Waals surface area contributed by atoms with Crippen LogP contribution >= 0.6 is 11.6 Å². The Morgan fingerprint density at radius 1 is 1.15 bits per heavy atom. The molecule has 0 saturated heterocycles. The van der Waals surface area contributed by atoms with Gasteiger partial charge in [0.05, 0.1) is 12.1 Å². The molecule has 0 heterocycles. The minimum atomic E-state index is -0.00390. The van der Waals surface area contributed by atoms with E-state index < -0.39 is 0 Å². The fraction of sp³-hybridized carbons (Fsp3) is 0.636. The number of fused-ring (bicyclic) bond motifs is 1. The van der Waals surface area contributed by atoms with Crippen LogP contribution in [0.25, 0.3) is 5.03 Å². The van der Waals surface area contributed by atoms with E-state index in [0.29, 0.717) is 22.4 Å². The van der Waals surface area contributed by atoms with Gasteiger partial charge in [0, 0.05) is 11.6 Å². The van der Waals surface area contributed by atoms with Gasteiger partial charge in [0.1, 0.15) is 5.75 Å². The normalized spacial score (nSPS) is 32.7. The van der Waals surface area contributed by atoms with Crippen LogP contribution in [0.15, 0.2) is 17.7 Å². The molecule has 0 amide bonds. The van der Waals surface area contributed by atoms with Crippen LogP contribution in [-0.2, 0) is 0 Å². The lowest BCUT2D eigenvalue weighted by atomic mass is 9.48. The Kier molecular flexibility index (Phi) is 4.98. The molecule has 3 atom stereocenters. The van der Waals surface area contributed by atoms with Crippen molar-refractivity contribution in [2.45, 2.75) is 59.8 Å². The maximum Gasteiger partial charge on any atom is 0.166 e. The zero-order valence-electron chi connectivity index (χ0n) is 16.5. The SMILES string of the molecule is COc1cc(O)cc(/C(Cl)=C2/[C@@H](C)CCC3C(C)(C)CCC[C@]23C)c1O. The summed E-state index contributed by atoms with van der Waals surface area (Å²) in [6.07, 6.45) is 5.88. The van der Waals surface area contributed by atoms with E-state index in [9.17, 15) is 10.2 Å². The molecule has 2 aliphatic carbocycles. The van der Waals surface area contributed by atoms with Crippen molar-refractivity contribution < 1.29 is 14.9 Å². The molecule has 3 nitrogen and oxygen atoms in total. The van der Waals surface area contributed by atoms with Gasteiger partial charge >= 0.3 is 0 Å². The van der Waals surface area contributed by atoms with Crippen molar-refractivity contribution in [1.29, 1.82) is 0 Å². The van der Waals surface area contributed by atoms with Crippen LogP contribution in [0.3, 0.4) is 0 Å². The second-order valence-electron chi connectivity index (χ2n) is 9.06. The van der Waals surface area contributed by atoms with Gasteiger partial charge in [0.2, 0.25) is 0 Å². The van der Waals surface area contributed by atoms with E-state index >= 15 is 0 Å². The minimum absolute atomic E-state index is 0.00390. The molecule has 0 bridgehead atoms. The van der Waals surface area contributed by atoms with Crippen LogP contribution in [0.2, 0.25) is 0 Å². The Balaban J connectivity index is 2.20. The van der Waals surface area contributed by atoms with E-state index in [-0.39, 0.29) is 28.1 Å². The molecule has 2 aliphatic rings. The lowest BCUT2D eigenvalue weighted by Crippen LogP contribution is -2.47. The Morgan fingerprint density at radius 3 is 2.50 bits per heavy atom. The number of allylic oxidation sites excluding steroid dienone is 1. The number of hydrogen-bond acceptors (Lipinski definition) is 3. The topological polar surface area (TPSA) is 49.7 Å². The summed E-state index contributed by atoms with van der Waals surface area (Å²) in [5.41, 5.74) is 2.00. The van der Waals surface area contributed by atoms with E-state index in [1.165, 1.54) is 38.0 Å². The summed E-state index contributed by atoms with van der Waals surface area (Å²) in [5, 5.41) is 21.3. The number of rotatable bonds is 2. The van der Waals surface area contributed by atoms with Gasteiger partial charge in [-0.3, -0.25) is 0 Å². The molecule has 2 fully saturated rings. The molecule has 1 unspecified atom stereocenters. The first-order chi connectivity index (χ1) is 12.1. The molecule has 0 spiro atoms. The Labute approximate surface area is 162 Å². The minimum Gasteiger partial charge on any atom is -0.508 e. The van der Waals surface area contributed by atoms with Crippen molar-refractivity contribution in [2.75, 3.05) is 7.11 Å². The first kappa shape index (κ1) is 19.4. The van der Waals surface area contributed by atoms with Crippen LogP contribution < -0.4 is 4.74 Å². The highest BCUT2D eigenvalue weighted by Gasteiger charge is 2.52. The quantitative estimate of drug-likeness (QED) is 0.592. The van der Waals surface area contributed by atoms with Gasteiger partial charge < -0.3 is 14.9 Å². The number of phenols is 2. The average molecular weight is 379 g/mol. The molecular weight excluding hydrogens is 348 g/mol. The molecule has 26 heavy (non-hydrogen) atoms. The number of methoxy groups -OCH3 is 1. The predicted molar refractivity (Wildman–Crippen MR) is 107 cm³/mol. The second-order valence-corrected chi connectivity index (χ2v) is 9.44. The number of aromatic hydroxyl groups is 2. The van der Waals surface area contributed by atoms with Crippen molar-refractivity contribution in [2.24, 2.45) is 22.7 Å². The summed E-state index contributed by atoms with van der Waals surface area (Å²) in [6, 6.07) is 2.95. The molecule has 144 valence electrons. The summed E-state index contributed by atoms with van der Waals surface area (Å²) in [7, 11) is 1.48. The van der Waals surface area contributed by atoms with Gasteiger partial charge in [-0.05, 0) is 60.0 Å². The number of hydrogen-bond donors (Lipinski definition) is 2. The molecule has 2 N–H and O–H groups in total. The fourth-order valence-electron chi connectivity index (χ4n) is 5.81. The molecule has 3 rings (SSSR count). The molecule has 4 heteroatoms. The van der Waals surface area contributed by atoms with Crippen molar-refractivity contribution in [3.05, 3.63) is 23.3 Å². The van der Waals surface area contributed by atoms with Crippen LogP contribution in [0.1, 0.15) is 65.4 Å². The first-order valence-electron chi connectivity index (χ1n) is 9.62. The van der Waals surface area contributed by atoms with Crippen LogP contribution in [0, 0.1) is 22.7 Å². The lowest BCUT2D eigenvalue weighted by Gasteiger charge is -2.56. The molecular formula is C22H31ClO3. The number of ether oxygens (including phenoxy) is 1. The van der Waals surface area contributed by atoms with Gasteiger partial charge in [0.15, 0.2) is 11.5 Å². The van der Waals surface area contributed by atoms with Gasteiger partial charge in [0.25, 0.3) is 0 Å². The highest BCUT2D eigenvalue weighted by molar-refractivity contribution is 6.49. The highest BCUT2D eigenvalue weighted by atomic mass is 35.5. The molecule has 0 aromatic heterocycles. The maximum absolute atomic E-state index is 10.6. The van der Waals surface area contributed by atoms with Crippen molar-refractivity contribution in [3.8, 4) is 17.2 Å². The molecule has 2 saturated carbocycles. The maximum atomic E-state index is 10.6. The third-order valence-electron chi connectivity index (χ3n) is 6.98. The lowest BCUT2D eigenvalue weighted by molar-refractivity contribution is -0.00552. The van der Waals surface area contributed by atoms with Crippen molar-refractivity contribution in [3.63, 3.8) is 0 Å². The third kappa shape index (κ3) is 2.98. The standard InChI is InChI=1S/C22H31ClO3/c1-13-7-8-17-21(2,3)9-6-10-22(17,4)18(13)19(23)15-11-14(24)12-16(26-5)20(15)25/h11-13,17,24-25H,6-10H2,1-5H3/b19-18+/t13-,17?,22-/m0/s1. The molecule has 0 radical (unpaired) electrons. The van der Waals surface area contributed by atoms with Gasteiger partial charge in [-0.2, -0.15) is 0 Å². The smallest absolute Gasteiger partial charge is 0.166 e. The van der Waals surface area contributed by atoms with E-state index in [2.05, 4.69) is 27.7 Å². The summed E-state index contributed by atoms with van der Waals surface area (Å²) < 4.78 is 5.20. The predicted octanol–water partition coefficient (Wildman–Crippen LogP) is 6.32.